The van der Waals surface area contributed by atoms with Crippen LogP contribution in [0.5, 0.6) is 0 Å². The van der Waals surface area contributed by atoms with Crippen molar-refractivity contribution in [3.63, 3.8) is 0 Å². The molecule has 2 N–H and O–H groups in total. The van der Waals surface area contributed by atoms with Gasteiger partial charge in [-0.2, -0.15) is 0 Å². The summed E-state index contributed by atoms with van der Waals surface area (Å²) >= 11 is 0. The zero-order valence-corrected chi connectivity index (χ0v) is 6.99. The molecule has 4 heteroatoms. The van der Waals surface area contributed by atoms with Crippen molar-refractivity contribution in [3.05, 3.63) is 23.3 Å². The van der Waals surface area contributed by atoms with E-state index in [-0.39, 0.29) is 0 Å². The van der Waals surface area contributed by atoms with Crippen LogP contribution < -0.4 is 0 Å². The van der Waals surface area contributed by atoms with Gasteiger partial charge in [-0.3, -0.25) is 0 Å². The van der Waals surface area contributed by atoms with E-state index in [4.69, 9.17) is 10.2 Å². The third-order valence-electron chi connectivity index (χ3n) is 1.90. The zero-order chi connectivity index (χ0) is 9.84. The summed E-state index contributed by atoms with van der Waals surface area (Å²) in [6.07, 6.45) is 4.32. The molecule has 0 heterocycles. The Balaban J connectivity index is 2.87. The minimum absolute atomic E-state index is 0.634. The summed E-state index contributed by atoms with van der Waals surface area (Å²) in [6.45, 7) is 0. The number of carboxylic acid groups (broad SMARTS) is 2. The van der Waals surface area contributed by atoms with Crippen LogP contribution in [0.4, 0.5) is 0 Å². The molecule has 1 saturated carbocycles. The van der Waals surface area contributed by atoms with Crippen LogP contribution in [0.15, 0.2) is 23.3 Å². The van der Waals surface area contributed by atoms with E-state index in [9.17, 15) is 9.59 Å². The number of carboxylic acids is 2. The minimum Gasteiger partial charge on any atom is -0.478 e. The van der Waals surface area contributed by atoms with Gasteiger partial charge in [-0.25, -0.2) is 9.59 Å². The molecule has 0 unspecified atom stereocenters. The lowest BCUT2D eigenvalue weighted by molar-refractivity contribution is -0.132. The maximum Gasteiger partial charge on any atom is 0.328 e. The quantitative estimate of drug-likeness (QED) is 0.629. The van der Waals surface area contributed by atoms with Gasteiger partial charge in [0.1, 0.15) is 0 Å². The summed E-state index contributed by atoms with van der Waals surface area (Å²) in [4.78, 5) is 20.7. The van der Waals surface area contributed by atoms with Gasteiger partial charge in [0.15, 0.2) is 0 Å². The molecular weight excluding hydrogens is 172 g/mol. The van der Waals surface area contributed by atoms with Crippen molar-refractivity contribution in [1.82, 2.24) is 0 Å². The molecule has 1 rings (SSSR count). The predicted octanol–water partition coefficient (Wildman–Crippen LogP) is 1.19. The van der Waals surface area contributed by atoms with Crippen LogP contribution in [-0.4, -0.2) is 22.2 Å². The molecule has 4 nitrogen and oxygen atoms in total. The molecular formula is C9H10O4. The molecule has 0 radical (unpaired) electrons. The van der Waals surface area contributed by atoms with E-state index in [2.05, 4.69) is 0 Å². The normalized spacial score (nSPS) is 22.5. The van der Waals surface area contributed by atoms with Gasteiger partial charge in [0.25, 0.3) is 0 Å². The lowest BCUT2D eigenvalue weighted by Gasteiger charge is -1.96. The second kappa shape index (κ2) is 3.89. The van der Waals surface area contributed by atoms with Crippen LogP contribution in [0.2, 0.25) is 0 Å². The van der Waals surface area contributed by atoms with Crippen LogP contribution in [0.1, 0.15) is 19.3 Å². The van der Waals surface area contributed by atoms with Crippen LogP contribution in [0.3, 0.4) is 0 Å². The van der Waals surface area contributed by atoms with Gasteiger partial charge < -0.3 is 10.2 Å². The number of hydrogen-bond acceptors (Lipinski definition) is 2. The standard InChI is InChI=1S/C9H10O4/c10-8(11)4-6-2-1-3-7(6)5-9(12)13/h4-5H,1-3H2,(H,10,11)(H,12,13)/b6-4-,7-5-. The van der Waals surface area contributed by atoms with Gasteiger partial charge >= 0.3 is 11.9 Å². The highest BCUT2D eigenvalue weighted by atomic mass is 16.4. The first-order valence-corrected chi connectivity index (χ1v) is 3.97. The first kappa shape index (κ1) is 9.51. The lowest BCUT2D eigenvalue weighted by Crippen LogP contribution is -1.94. The van der Waals surface area contributed by atoms with Crippen LogP contribution in [0.25, 0.3) is 0 Å². The Hall–Kier alpha value is -1.58. The van der Waals surface area contributed by atoms with Crippen LogP contribution >= 0.6 is 0 Å². The number of rotatable bonds is 2. The van der Waals surface area contributed by atoms with Crippen molar-refractivity contribution >= 4 is 11.9 Å². The number of carbonyl (C=O) groups is 2. The van der Waals surface area contributed by atoms with E-state index in [1.165, 1.54) is 0 Å². The van der Waals surface area contributed by atoms with Crippen molar-refractivity contribution in [2.24, 2.45) is 0 Å². The van der Waals surface area contributed by atoms with Crippen molar-refractivity contribution in [2.75, 3.05) is 0 Å². The molecule has 70 valence electrons. The van der Waals surface area contributed by atoms with E-state index >= 15 is 0 Å². The maximum absolute atomic E-state index is 10.3. The first-order chi connectivity index (χ1) is 6.09. The number of aliphatic carboxylic acids is 2. The topological polar surface area (TPSA) is 74.6 Å². The second-order valence-corrected chi connectivity index (χ2v) is 2.87. The number of hydrogen-bond donors (Lipinski definition) is 2. The molecule has 13 heavy (non-hydrogen) atoms. The van der Waals surface area contributed by atoms with Gasteiger partial charge in [0.05, 0.1) is 0 Å². The van der Waals surface area contributed by atoms with Gasteiger partial charge in [0, 0.05) is 12.2 Å². The minimum atomic E-state index is -1.02. The molecule has 0 aliphatic heterocycles. The monoisotopic (exact) mass is 182 g/mol. The fraction of sp³-hybridized carbons (Fsp3) is 0.333. The highest BCUT2D eigenvalue weighted by Crippen LogP contribution is 2.29. The molecule has 0 amide bonds. The van der Waals surface area contributed by atoms with Gasteiger partial charge in [-0.1, -0.05) is 0 Å². The molecule has 1 fully saturated rings. The summed E-state index contributed by atoms with van der Waals surface area (Å²) in [7, 11) is 0. The molecule has 0 bridgehead atoms. The summed E-state index contributed by atoms with van der Waals surface area (Å²) in [5.74, 6) is -2.04. The Bertz CT molecular complexity index is 269. The Labute approximate surface area is 75.2 Å². The van der Waals surface area contributed by atoms with E-state index < -0.39 is 11.9 Å². The summed E-state index contributed by atoms with van der Waals surface area (Å²) in [5, 5.41) is 16.9. The number of allylic oxidation sites excluding steroid dienone is 2. The van der Waals surface area contributed by atoms with E-state index in [0.717, 1.165) is 18.6 Å². The smallest absolute Gasteiger partial charge is 0.328 e. The largest absolute Gasteiger partial charge is 0.478 e. The highest BCUT2D eigenvalue weighted by molar-refractivity contribution is 5.85. The Morgan fingerprint density at radius 1 is 1.00 bits per heavy atom. The average molecular weight is 182 g/mol. The summed E-state index contributed by atoms with van der Waals surface area (Å²) in [5.41, 5.74) is 1.27. The van der Waals surface area contributed by atoms with Crippen molar-refractivity contribution < 1.29 is 19.8 Å². The van der Waals surface area contributed by atoms with E-state index in [1.54, 1.807) is 0 Å². The van der Waals surface area contributed by atoms with Crippen molar-refractivity contribution in [1.29, 1.82) is 0 Å². The molecule has 0 aromatic rings. The lowest BCUT2D eigenvalue weighted by atomic mass is 10.1. The fourth-order valence-electron chi connectivity index (χ4n) is 1.42. The molecule has 1 aliphatic rings. The predicted molar refractivity (Wildman–Crippen MR) is 45.3 cm³/mol. The Morgan fingerprint density at radius 3 is 1.69 bits per heavy atom. The van der Waals surface area contributed by atoms with Gasteiger partial charge in [0.2, 0.25) is 0 Å². The first-order valence-electron chi connectivity index (χ1n) is 3.97. The van der Waals surface area contributed by atoms with Gasteiger partial charge in [-0.05, 0) is 30.4 Å². The highest BCUT2D eigenvalue weighted by Gasteiger charge is 2.15. The third-order valence-corrected chi connectivity index (χ3v) is 1.90. The van der Waals surface area contributed by atoms with E-state index in [0.29, 0.717) is 24.0 Å². The van der Waals surface area contributed by atoms with E-state index in [1.807, 2.05) is 0 Å². The fourth-order valence-corrected chi connectivity index (χ4v) is 1.42. The van der Waals surface area contributed by atoms with Crippen LogP contribution in [0, 0.1) is 0 Å². The summed E-state index contributed by atoms with van der Waals surface area (Å²) < 4.78 is 0. The molecule has 0 aromatic heterocycles. The maximum atomic E-state index is 10.3. The zero-order valence-electron chi connectivity index (χ0n) is 6.99. The molecule has 0 atom stereocenters. The molecule has 0 aromatic carbocycles. The Kier molecular flexibility index (Phi) is 2.84. The van der Waals surface area contributed by atoms with Crippen molar-refractivity contribution in [3.8, 4) is 0 Å². The van der Waals surface area contributed by atoms with Crippen molar-refractivity contribution in [2.45, 2.75) is 19.3 Å². The average Bonchev–Trinajstić information content (AvgIpc) is 2.34. The molecule has 1 aliphatic carbocycles. The second-order valence-electron chi connectivity index (χ2n) is 2.87. The van der Waals surface area contributed by atoms with Gasteiger partial charge in [-0.15, -0.1) is 0 Å². The Morgan fingerprint density at radius 2 is 1.38 bits per heavy atom. The third kappa shape index (κ3) is 2.74. The summed E-state index contributed by atoms with van der Waals surface area (Å²) in [6, 6.07) is 0. The SMILES string of the molecule is O=C(O)/C=C1/CCC/C1=C/C(=O)O. The van der Waals surface area contributed by atoms with Crippen LogP contribution in [-0.2, 0) is 9.59 Å². The molecule has 0 spiro atoms. The molecule has 0 saturated heterocycles.